The molecule has 3 heterocycles. The van der Waals surface area contributed by atoms with E-state index < -0.39 is 0 Å². The lowest BCUT2D eigenvalue weighted by molar-refractivity contribution is -0.605. The number of aromatic nitrogens is 1. The Hall–Kier alpha value is -3.28. The summed E-state index contributed by atoms with van der Waals surface area (Å²) in [6, 6.07) is 14.0. The smallest absolute Gasteiger partial charge is 0.320 e. The van der Waals surface area contributed by atoms with Crippen molar-refractivity contribution in [3.8, 4) is 0 Å². The van der Waals surface area contributed by atoms with E-state index in [-0.39, 0.29) is 30.4 Å². The molecule has 2 aliphatic heterocycles. The molecule has 0 spiro atoms. The van der Waals surface area contributed by atoms with Gasteiger partial charge in [0.1, 0.15) is 7.11 Å². The van der Waals surface area contributed by atoms with E-state index in [1.807, 2.05) is 28.0 Å². The number of amides is 3. The molecule has 0 saturated carbocycles. The van der Waals surface area contributed by atoms with Crippen molar-refractivity contribution >= 4 is 64.1 Å². The van der Waals surface area contributed by atoms with Crippen LogP contribution in [0.25, 0.3) is 0 Å². The first kappa shape index (κ1) is 37.0. The Balaban J connectivity index is 1.24. The predicted octanol–water partition coefficient (Wildman–Crippen LogP) is 6.97. The minimum Gasteiger partial charge on any atom is -0.619 e. The second kappa shape index (κ2) is 17.1. The number of carbonyl (C=O) groups is 2. The van der Waals surface area contributed by atoms with Crippen molar-refractivity contribution in [2.24, 2.45) is 5.16 Å². The zero-order valence-electron chi connectivity index (χ0n) is 27.5. The molecule has 2 fully saturated rings. The van der Waals surface area contributed by atoms with E-state index in [4.69, 9.17) is 51.2 Å². The molecule has 2 aromatic carbocycles. The third kappa shape index (κ3) is 9.70. The van der Waals surface area contributed by atoms with Crippen LogP contribution in [0.4, 0.5) is 4.79 Å². The SMILES string of the molecule is CO/N=C(\CN(C)C(=O)c1cc(Cl)cc(Cl)c1)[C@H](CCN1CCC(N2CCCN(Cc3ccc[n+]([O-])c3)C2=O)CC1)c1ccc(Cl)c(Cl)c1. The number of nitrogens with zero attached hydrogens (tertiary/aromatic N) is 6. The van der Waals surface area contributed by atoms with E-state index in [2.05, 4.69) is 10.1 Å². The van der Waals surface area contributed by atoms with E-state index >= 15 is 0 Å². The van der Waals surface area contributed by atoms with Gasteiger partial charge in [-0.2, -0.15) is 4.73 Å². The van der Waals surface area contributed by atoms with Crippen molar-refractivity contribution in [3.63, 3.8) is 0 Å². The lowest BCUT2D eigenvalue weighted by Gasteiger charge is -2.43. The minimum absolute atomic E-state index is 0.0322. The van der Waals surface area contributed by atoms with Crippen molar-refractivity contribution in [1.82, 2.24) is 19.6 Å². The summed E-state index contributed by atoms with van der Waals surface area (Å²) in [5, 5.41) is 17.8. The number of oxime groups is 1. The van der Waals surface area contributed by atoms with Gasteiger partial charge < -0.3 is 29.6 Å². The molecule has 1 atom stereocenters. The van der Waals surface area contributed by atoms with Crippen molar-refractivity contribution in [2.45, 2.75) is 44.2 Å². The molecule has 0 unspecified atom stereocenters. The van der Waals surface area contributed by atoms with Crippen LogP contribution >= 0.6 is 46.4 Å². The molecule has 10 nitrogen and oxygen atoms in total. The van der Waals surface area contributed by atoms with Crippen LogP contribution in [0.5, 0.6) is 0 Å². The summed E-state index contributed by atoms with van der Waals surface area (Å²) in [5.41, 5.74) is 2.75. The molecular formula is C35H40Cl4N6O4. The van der Waals surface area contributed by atoms with Gasteiger partial charge in [-0.05, 0) is 74.2 Å². The number of benzene rings is 2. The van der Waals surface area contributed by atoms with E-state index in [1.54, 1.807) is 42.3 Å². The lowest BCUT2D eigenvalue weighted by Crippen LogP contribution is -2.55. The molecule has 2 aliphatic rings. The van der Waals surface area contributed by atoms with Gasteiger partial charge in [0.05, 0.1) is 28.8 Å². The van der Waals surface area contributed by atoms with Gasteiger partial charge in [-0.1, -0.05) is 57.6 Å². The first-order valence-corrected chi connectivity index (χ1v) is 17.8. The molecule has 262 valence electrons. The monoisotopic (exact) mass is 748 g/mol. The van der Waals surface area contributed by atoms with Gasteiger partial charge in [0, 0.05) is 72.4 Å². The highest BCUT2D eigenvalue weighted by molar-refractivity contribution is 6.42. The summed E-state index contributed by atoms with van der Waals surface area (Å²) in [6.07, 6.45) is 6.26. The van der Waals surface area contributed by atoms with Crippen LogP contribution in [0.1, 0.15) is 53.1 Å². The Morgan fingerprint density at radius 3 is 2.45 bits per heavy atom. The molecule has 0 aliphatic carbocycles. The summed E-state index contributed by atoms with van der Waals surface area (Å²) < 4.78 is 0.767. The second-order valence-electron chi connectivity index (χ2n) is 12.5. The van der Waals surface area contributed by atoms with Gasteiger partial charge in [-0.3, -0.25) is 4.79 Å². The zero-order valence-corrected chi connectivity index (χ0v) is 30.6. The molecule has 0 bridgehead atoms. The molecule has 0 N–H and O–H groups in total. The van der Waals surface area contributed by atoms with Crippen LogP contribution in [-0.2, 0) is 11.4 Å². The average molecular weight is 751 g/mol. The Bertz CT molecular complexity index is 1650. The van der Waals surface area contributed by atoms with Crippen molar-refractivity contribution < 1.29 is 19.2 Å². The molecule has 14 heteroatoms. The number of piperidine rings is 1. The van der Waals surface area contributed by atoms with Crippen LogP contribution in [0, 0.1) is 5.21 Å². The first-order valence-electron chi connectivity index (χ1n) is 16.2. The molecule has 3 amide bonds. The summed E-state index contributed by atoms with van der Waals surface area (Å²) in [6.45, 7) is 4.45. The number of rotatable bonds is 12. The first-order chi connectivity index (χ1) is 23.5. The third-order valence-corrected chi connectivity index (χ3v) is 10.3. The Morgan fingerprint density at radius 1 is 1.04 bits per heavy atom. The van der Waals surface area contributed by atoms with Gasteiger partial charge in [0.25, 0.3) is 5.91 Å². The van der Waals surface area contributed by atoms with Crippen LogP contribution in [-0.4, -0.2) is 96.7 Å². The zero-order chi connectivity index (χ0) is 35.1. The van der Waals surface area contributed by atoms with Crippen LogP contribution < -0.4 is 4.73 Å². The lowest BCUT2D eigenvalue weighted by atomic mass is 9.89. The summed E-state index contributed by atoms with van der Waals surface area (Å²) in [7, 11) is 3.18. The Labute approximate surface area is 307 Å². The van der Waals surface area contributed by atoms with Crippen LogP contribution in [0.2, 0.25) is 20.1 Å². The van der Waals surface area contributed by atoms with Crippen molar-refractivity contribution in [2.75, 3.05) is 53.4 Å². The molecule has 0 radical (unpaired) electrons. The fourth-order valence-electron chi connectivity index (χ4n) is 6.66. The van der Waals surface area contributed by atoms with Crippen molar-refractivity contribution in [3.05, 3.63) is 103 Å². The minimum atomic E-state index is -0.258. The Morgan fingerprint density at radius 2 is 1.78 bits per heavy atom. The van der Waals surface area contributed by atoms with Gasteiger partial charge in [-0.25, -0.2) is 4.79 Å². The maximum atomic E-state index is 13.5. The number of carbonyl (C=O) groups excluding carboxylic acids is 2. The number of hydrogen-bond donors (Lipinski definition) is 0. The van der Waals surface area contributed by atoms with E-state index in [1.165, 1.54) is 19.5 Å². The topological polar surface area (TPSA) is 95.6 Å². The van der Waals surface area contributed by atoms with Gasteiger partial charge in [0.15, 0.2) is 12.4 Å². The highest BCUT2D eigenvalue weighted by atomic mass is 35.5. The predicted molar refractivity (Wildman–Crippen MR) is 194 cm³/mol. The van der Waals surface area contributed by atoms with Gasteiger partial charge in [-0.15, -0.1) is 0 Å². The fourth-order valence-corrected chi connectivity index (χ4v) is 7.49. The molecule has 49 heavy (non-hydrogen) atoms. The average Bonchev–Trinajstić information content (AvgIpc) is 3.07. The fraction of sp³-hybridized carbons (Fsp3) is 0.429. The summed E-state index contributed by atoms with van der Waals surface area (Å²) in [4.78, 5) is 40.0. The van der Waals surface area contributed by atoms with Crippen molar-refractivity contribution in [1.29, 1.82) is 0 Å². The van der Waals surface area contributed by atoms with Gasteiger partial charge in [0.2, 0.25) is 0 Å². The Kier molecular flexibility index (Phi) is 12.9. The highest BCUT2D eigenvalue weighted by Gasteiger charge is 2.34. The number of likely N-dealkylation sites (tertiary alicyclic amines) is 1. The maximum Gasteiger partial charge on any atom is 0.320 e. The van der Waals surface area contributed by atoms with Crippen LogP contribution in [0.3, 0.4) is 0 Å². The van der Waals surface area contributed by atoms with E-state index in [9.17, 15) is 14.8 Å². The molecule has 3 aromatic rings. The van der Waals surface area contributed by atoms with E-state index in [0.29, 0.717) is 50.9 Å². The highest BCUT2D eigenvalue weighted by Crippen LogP contribution is 2.31. The normalized spacial score (nSPS) is 16.9. The third-order valence-electron chi connectivity index (χ3n) is 9.10. The van der Waals surface area contributed by atoms with Crippen LogP contribution in [0.15, 0.2) is 66.1 Å². The molecule has 2 saturated heterocycles. The summed E-state index contributed by atoms with van der Waals surface area (Å²) >= 11 is 25.1. The number of halogens is 4. The number of urea groups is 1. The molecule has 1 aromatic heterocycles. The maximum absolute atomic E-state index is 13.5. The quantitative estimate of drug-likeness (QED) is 0.0863. The molecule has 5 rings (SSSR count). The second-order valence-corrected chi connectivity index (χ2v) is 14.2. The molecular weight excluding hydrogens is 710 g/mol. The summed E-state index contributed by atoms with van der Waals surface area (Å²) in [5.74, 6) is -0.486. The van der Waals surface area contributed by atoms with E-state index in [0.717, 1.165) is 61.3 Å². The standard InChI is InChI=1S/C35H40Cl4N6O4/c1-41(34(46)26-17-27(36)20-28(37)18-26)23-33(40-49-2)30(25-6-7-31(38)32(39)19-25)10-16-42-14-8-29(9-15-42)45-13-4-11-43(35(45)47)21-24-5-3-12-44(48)22-24/h3,5-7,12,17-20,22,29-30H,4,8-11,13-16,21,23H2,1-2H3/b40-33+/t30-/m1/s1. The number of hydrogen-bond acceptors (Lipinski definition) is 6. The largest absolute Gasteiger partial charge is 0.619 e. The number of pyridine rings is 1. The van der Waals surface area contributed by atoms with Gasteiger partial charge >= 0.3 is 6.03 Å².